The van der Waals surface area contributed by atoms with Crippen molar-refractivity contribution in [3.05, 3.63) is 46.8 Å². The molecule has 1 aliphatic rings. The van der Waals surface area contributed by atoms with Crippen LogP contribution in [-0.4, -0.2) is 33.7 Å². The number of aromatic nitrogens is 2. The van der Waals surface area contributed by atoms with E-state index < -0.39 is 0 Å². The van der Waals surface area contributed by atoms with Crippen molar-refractivity contribution in [1.29, 1.82) is 0 Å². The monoisotopic (exact) mass is 383 g/mol. The van der Waals surface area contributed by atoms with Crippen molar-refractivity contribution in [2.24, 2.45) is 5.92 Å². The van der Waals surface area contributed by atoms with Gasteiger partial charge in [-0.2, -0.15) is 5.10 Å². The molecule has 1 saturated carbocycles. The van der Waals surface area contributed by atoms with Crippen LogP contribution in [0.15, 0.2) is 24.3 Å². The Morgan fingerprint density at radius 2 is 1.93 bits per heavy atom. The predicted octanol–water partition coefficient (Wildman–Crippen LogP) is 4.29. The van der Waals surface area contributed by atoms with Crippen LogP contribution in [0.2, 0.25) is 0 Å². The molecule has 1 aromatic carbocycles. The summed E-state index contributed by atoms with van der Waals surface area (Å²) < 4.78 is 7.32. The molecule has 0 N–H and O–H groups in total. The van der Waals surface area contributed by atoms with Gasteiger partial charge in [0, 0.05) is 31.2 Å². The number of ether oxygens (including phenoxy) is 1. The molecule has 0 bridgehead atoms. The van der Waals surface area contributed by atoms with Crippen LogP contribution in [-0.2, 0) is 24.3 Å². The molecule has 0 aliphatic heterocycles. The van der Waals surface area contributed by atoms with Crippen molar-refractivity contribution in [2.75, 3.05) is 7.11 Å². The smallest absolute Gasteiger partial charge is 0.223 e. The molecule has 2 aromatic rings. The van der Waals surface area contributed by atoms with Gasteiger partial charge < -0.3 is 9.64 Å². The summed E-state index contributed by atoms with van der Waals surface area (Å²) in [6, 6.07) is 8.42. The van der Waals surface area contributed by atoms with Crippen LogP contribution in [0.5, 0.6) is 5.75 Å². The fourth-order valence-electron chi connectivity index (χ4n) is 3.73. The summed E-state index contributed by atoms with van der Waals surface area (Å²) in [5, 5.41) is 4.68. The maximum absolute atomic E-state index is 13.0. The van der Waals surface area contributed by atoms with Crippen LogP contribution >= 0.6 is 0 Å². The highest BCUT2D eigenvalue weighted by Crippen LogP contribution is 2.30. The average Bonchev–Trinajstić information content (AvgIpc) is 3.46. The Morgan fingerprint density at radius 3 is 2.50 bits per heavy atom. The van der Waals surface area contributed by atoms with E-state index in [1.54, 1.807) is 7.11 Å². The van der Waals surface area contributed by atoms with Crippen LogP contribution in [0.1, 0.15) is 55.6 Å². The SMILES string of the molecule is COc1ccc(CN(C(=O)CCc2c(C)nn(CC(C)C)c2C)C2CC2)cc1. The Morgan fingerprint density at radius 1 is 1.25 bits per heavy atom. The number of nitrogens with zero attached hydrogens (tertiary/aromatic N) is 3. The lowest BCUT2D eigenvalue weighted by atomic mass is 10.1. The quantitative estimate of drug-likeness (QED) is 0.649. The molecule has 1 aromatic heterocycles. The molecule has 0 saturated heterocycles. The molecule has 5 nitrogen and oxygen atoms in total. The van der Waals surface area contributed by atoms with Crippen molar-refractivity contribution in [3.8, 4) is 5.75 Å². The molecule has 0 radical (unpaired) electrons. The first-order chi connectivity index (χ1) is 13.4. The summed E-state index contributed by atoms with van der Waals surface area (Å²) in [6.07, 6.45) is 3.54. The molecule has 3 rings (SSSR count). The van der Waals surface area contributed by atoms with E-state index in [9.17, 15) is 4.79 Å². The first kappa shape index (κ1) is 20.4. The van der Waals surface area contributed by atoms with E-state index in [2.05, 4.69) is 42.4 Å². The van der Waals surface area contributed by atoms with Crippen molar-refractivity contribution >= 4 is 5.91 Å². The van der Waals surface area contributed by atoms with Gasteiger partial charge in [-0.3, -0.25) is 9.48 Å². The molecule has 152 valence electrons. The second kappa shape index (κ2) is 8.80. The van der Waals surface area contributed by atoms with E-state index >= 15 is 0 Å². The molecule has 1 fully saturated rings. The summed E-state index contributed by atoms with van der Waals surface area (Å²) >= 11 is 0. The minimum atomic E-state index is 0.244. The van der Waals surface area contributed by atoms with Gasteiger partial charge in [0.05, 0.1) is 12.8 Å². The van der Waals surface area contributed by atoms with E-state index in [-0.39, 0.29) is 5.91 Å². The lowest BCUT2D eigenvalue weighted by Gasteiger charge is -2.23. The number of methoxy groups -OCH3 is 1. The molecule has 0 spiro atoms. The summed E-state index contributed by atoms with van der Waals surface area (Å²) in [6.45, 7) is 10.2. The number of hydrogen-bond donors (Lipinski definition) is 0. The van der Waals surface area contributed by atoms with Crippen LogP contribution in [0.3, 0.4) is 0 Å². The summed E-state index contributed by atoms with van der Waals surface area (Å²) in [4.78, 5) is 15.1. The van der Waals surface area contributed by atoms with E-state index in [0.29, 0.717) is 24.9 Å². The van der Waals surface area contributed by atoms with Gasteiger partial charge >= 0.3 is 0 Å². The zero-order valence-electron chi connectivity index (χ0n) is 17.9. The zero-order chi connectivity index (χ0) is 20.3. The number of benzene rings is 1. The topological polar surface area (TPSA) is 47.4 Å². The van der Waals surface area contributed by atoms with Gasteiger partial charge in [-0.1, -0.05) is 26.0 Å². The fraction of sp³-hybridized carbons (Fsp3) is 0.565. The molecular formula is C23H33N3O2. The Hall–Kier alpha value is -2.30. The third-order valence-electron chi connectivity index (χ3n) is 5.48. The standard InChI is InChI=1S/C23H33N3O2/c1-16(2)14-26-18(4)22(17(3)24-26)12-13-23(27)25(20-8-9-20)15-19-6-10-21(28-5)11-7-19/h6-7,10-11,16,20H,8-9,12-15H2,1-5H3. The largest absolute Gasteiger partial charge is 0.497 e. The summed E-state index contributed by atoms with van der Waals surface area (Å²) in [7, 11) is 1.67. The van der Waals surface area contributed by atoms with E-state index in [4.69, 9.17) is 4.74 Å². The molecule has 5 heteroatoms. The lowest BCUT2D eigenvalue weighted by Crippen LogP contribution is -2.32. The van der Waals surface area contributed by atoms with Crippen molar-refractivity contribution in [3.63, 3.8) is 0 Å². The van der Waals surface area contributed by atoms with Crippen molar-refractivity contribution < 1.29 is 9.53 Å². The van der Waals surface area contributed by atoms with Crippen LogP contribution in [0, 0.1) is 19.8 Å². The number of aryl methyl sites for hydroxylation is 1. The maximum atomic E-state index is 13.0. The van der Waals surface area contributed by atoms with Crippen LogP contribution in [0.4, 0.5) is 0 Å². The number of amides is 1. The zero-order valence-corrected chi connectivity index (χ0v) is 17.9. The molecule has 1 amide bonds. The fourth-order valence-corrected chi connectivity index (χ4v) is 3.73. The maximum Gasteiger partial charge on any atom is 0.223 e. The normalized spacial score (nSPS) is 13.8. The van der Waals surface area contributed by atoms with Gasteiger partial charge in [0.2, 0.25) is 5.91 Å². The number of carbonyl (C=O) groups excluding carboxylic acids is 1. The Balaban J connectivity index is 1.64. The lowest BCUT2D eigenvalue weighted by molar-refractivity contribution is -0.132. The van der Waals surface area contributed by atoms with E-state index in [1.807, 2.05) is 24.3 Å². The third-order valence-corrected chi connectivity index (χ3v) is 5.48. The number of carbonyl (C=O) groups is 1. The second-order valence-electron chi connectivity index (χ2n) is 8.33. The highest BCUT2D eigenvalue weighted by Gasteiger charge is 2.32. The number of hydrogen-bond acceptors (Lipinski definition) is 3. The third kappa shape index (κ3) is 4.94. The van der Waals surface area contributed by atoms with Gasteiger partial charge in [-0.15, -0.1) is 0 Å². The minimum Gasteiger partial charge on any atom is -0.497 e. The molecule has 28 heavy (non-hydrogen) atoms. The molecule has 1 heterocycles. The van der Waals surface area contributed by atoms with Gasteiger partial charge in [0.15, 0.2) is 0 Å². The van der Waals surface area contributed by atoms with Gasteiger partial charge in [0.1, 0.15) is 5.75 Å². The minimum absolute atomic E-state index is 0.244. The van der Waals surface area contributed by atoms with Gasteiger partial charge in [-0.05, 0) is 62.3 Å². The predicted molar refractivity (Wildman–Crippen MR) is 111 cm³/mol. The number of rotatable bonds is 9. The highest BCUT2D eigenvalue weighted by molar-refractivity contribution is 5.77. The Kier molecular flexibility index (Phi) is 6.42. The molecule has 0 unspecified atom stereocenters. The van der Waals surface area contributed by atoms with Crippen LogP contribution in [0.25, 0.3) is 0 Å². The van der Waals surface area contributed by atoms with E-state index in [1.165, 1.54) is 11.3 Å². The molecule has 1 aliphatic carbocycles. The average molecular weight is 384 g/mol. The molecular weight excluding hydrogens is 350 g/mol. The Bertz CT molecular complexity index is 804. The highest BCUT2D eigenvalue weighted by atomic mass is 16.5. The van der Waals surface area contributed by atoms with Crippen LogP contribution < -0.4 is 4.74 Å². The van der Waals surface area contributed by atoms with E-state index in [0.717, 1.165) is 42.8 Å². The van der Waals surface area contributed by atoms with Crippen molar-refractivity contribution in [1.82, 2.24) is 14.7 Å². The summed E-state index contributed by atoms with van der Waals surface area (Å²) in [5.41, 5.74) is 4.64. The first-order valence-electron chi connectivity index (χ1n) is 10.3. The van der Waals surface area contributed by atoms with Gasteiger partial charge in [-0.25, -0.2) is 0 Å². The first-order valence-corrected chi connectivity index (χ1v) is 10.3. The molecule has 0 atom stereocenters. The summed E-state index contributed by atoms with van der Waals surface area (Å²) in [5.74, 6) is 1.65. The second-order valence-corrected chi connectivity index (χ2v) is 8.33. The Labute approximate surface area is 168 Å². The van der Waals surface area contributed by atoms with Crippen molar-refractivity contribution in [2.45, 2.75) is 72.5 Å². The van der Waals surface area contributed by atoms with Gasteiger partial charge in [0.25, 0.3) is 0 Å².